The zero-order valence-corrected chi connectivity index (χ0v) is 9.97. The van der Waals surface area contributed by atoms with Crippen molar-refractivity contribution in [2.45, 2.75) is 12.1 Å². The normalized spacial score (nSPS) is 23.2. The minimum absolute atomic E-state index is 0.0791. The molecule has 2 rings (SSSR count). The molecule has 0 aromatic carbocycles. The quantitative estimate of drug-likeness (QED) is 0.776. The minimum Gasteiger partial charge on any atom is -0.464 e. The van der Waals surface area contributed by atoms with Gasteiger partial charge in [-0.25, -0.2) is 9.18 Å². The highest BCUT2D eigenvalue weighted by atomic mass is 19.1. The average Bonchev–Trinajstić information content (AvgIpc) is 2.81. The molecular formula is C11H14FN3O3. The Balaban J connectivity index is 2.09. The molecule has 0 saturated carbocycles. The summed E-state index contributed by atoms with van der Waals surface area (Å²) in [5.74, 6) is -0.0821. The van der Waals surface area contributed by atoms with Gasteiger partial charge in [0.15, 0.2) is 17.2 Å². The van der Waals surface area contributed by atoms with Crippen LogP contribution in [0, 0.1) is 0 Å². The van der Waals surface area contributed by atoms with Crippen LogP contribution < -0.4 is 4.90 Å². The van der Waals surface area contributed by atoms with Gasteiger partial charge in [-0.05, 0) is 12.1 Å². The Morgan fingerprint density at radius 1 is 1.61 bits per heavy atom. The molecule has 0 amide bonds. The maximum Gasteiger partial charge on any atom is 0.358 e. The molecule has 1 fully saturated rings. The zero-order chi connectivity index (χ0) is 13.2. The summed E-state index contributed by atoms with van der Waals surface area (Å²) in [5.41, 5.74) is -1.47. The largest absolute Gasteiger partial charge is 0.464 e. The second-order valence-electron chi connectivity index (χ2n) is 4.25. The molecular weight excluding hydrogens is 241 g/mol. The number of hydrogen-bond acceptors (Lipinski definition) is 6. The van der Waals surface area contributed by atoms with Crippen molar-refractivity contribution in [1.82, 2.24) is 10.2 Å². The predicted octanol–water partition coefficient (Wildman–Crippen LogP) is 0.174. The van der Waals surface area contributed by atoms with E-state index in [1.54, 1.807) is 11.0 Å². The van der Waals surface area contributed by atoms with Crippen molar-refractivity contribution in [2.75, 3.05) is 31.7 Å². The first-order chi connectivity index (χ1) is 8.58. The number of carbonyl (C=O) groups excluding carboxylic acids is 1. The van der Waals surface area contributed by atoms with Gasteiger partial charge < -0.3 is 14.7 Å². The van der Waals surface area contributed by atoms with Gasteiger partial charge in [0.1, 0.15) is 0 Å². The van der Waals surface area contributed by atoms with Crippen LogP contribution >= 0.6 is 0 Å². The van der Waals surface area contributed by atoms with Crippen LogP contribution in [0.15, 0.2) is 12.1 Å². The fraction of sp³-hybridized carbons (Fsp3) is 0.545. The average molecular weight is 255 g/mol. The van der Waals surface area contributed by atoms with E-state index in [0.717, 1.165) is 0 Å². The van der Waals surface area contributed by atoms with Crippen molar-refractivity contribution < 1.29 is 19.0 Å². The number of hydrogen-bond donors (Lipinski definition) is 1. The van der Waals surface area contributed by atoms with Gasteiger partial charge in [-0.3, -0.25) is 0 Å². The van der Waals surface area contributed by atoms with Gasteiger partial charge in [0.2, 0.25) is 0 Å². The summed E-state index contributed by atoms with van der Waals surface area (Å²) >= 11 is 0. The number of alkyl halides is 1. The molecule has 1 aromatic heterocycles. The SMILES string of the molecule is COC(=O)c1ccc(N2CC[C@@](F)(CO)C2)nn1. The number of nitrogens with zero attached hydrogens (tertiary/aromatic N) is 3. The number of aliphatic hydroxyl groups excluding tert-OH is 1. The van der Waals surface area contributed by atoms with Gasteiger partial charge in [-0.1, -0.05) is 0 Å². The minimum atomic E-state index is -1.58. The molecule has 0 spiro atoms. The molecule has 1 atom stereocenters. The van der Waals surface area contributed by atoms with Gasteiger partial charge in [0, 0.05) is 13.0 Å². The number of anilines is 1. The molecule has 6 nitrogen and oxygen atoms in total. The number of ether oxygens (including phenoxy) is 1. The van der Waals surface area contributed by atoms with E-state index in [2.05, 4.69) is 14.9 Å². The monoisotopic (exact) mass is 255 g/mol. The molecule has 1 aliphatic rings. The van der Waals surface area contributed by atoms with Crippen LogP contribution in [0.2, 0.25) is 0 Å². The Labute approximate surface area is 103 Å². The second-order valence-corrected chi connectivity index (χ2v) is 4.25. The Hall–Kier alpha value is -1.76. The summed E-state index contributed by atoms with van der Waals surface area (Å²) in [6.07, 6.45) is 0.254. The molecule has 1 saturated heterocycles. The third-order valence-corrected chi connectivity index (χ3v) is 2.96. The third-order valence-electron chi connectivity index (χ3n) is 2.96. The van der Waals surface area contributed by atoms with E-state index >= 15 is 0 Å². The van der Waals surface area contributed by atoms with Crippen LogP contribution in [0.1, 0.15) is 16.9 Å². The number of esters is 1. The van der Waals surface area contributed by atoms with E-state index in [1.165, 1.54) is 13.2 Å². The van der Waals surface area contributed by atoms with Gasteiger partial charge >= 0.3 is 5.97 Å². The zero-order valence-electron chi connectivity index (χ0n) is 9.97. The first-order valence-electron chi connectivity index (χ1n) is 5.55. The van der Waals surface area contributed by atoms with E-state index < -0.39 is 18.2 Å². The van der Waals surface area contributed by atoms with Crippen LogP contribution in [0.3, 0.4) is 0 Å². The van der Waals surface area contributed by atoms with Gasteiger partial charge in [-0.2, -0.15) is 0 Å². The Morgan fingerprint density at radius 2 is 2.39 bits per heavy atom. The van der Waals surface area contributed by atoms with Crippen molar-refractivity contribution in [2.24, 2.45) is 0 Å². The topological polar surface area (TPSA) is 75.5 Å². The molecule has 7 heteroatoms. The van der Waals surface area contributed by atoms with Crippen molar-refractivity contribution in [1.29, 1.82) is 0 Å². The third kappa shape index (κ3) is 2.40. The second kappa shape index (κ2) is 4.85. The van der Waals surface area contributed by atoms with E-state index in [4.69, 9.17) is 5.11 Å². The summed E-state index contributed by atoms with van der Waals surface area (Å²) in [6, 6.07) is 3.06. The summed E-state index contributed by atoms with van der Waals surface area (Å²) in [4.78, 5) is 12.8. The van der Waals surface area contributed by atoms with Gasteiger partial charge in [-0.15, -0.1) is 10.2 Å². The van der Waals surface area contributed by atoms with E-state index in [9.17, 15) is 9.18 Å². The highest BCUT2D eigenvalue weighted by Gasteiger charge is 2.38. The number of halogens is 1. The summed E-state index contributed by atoms with van der Waals surface area (Å²) in [7, 11) is 1.26. The van der Waals surface area contributed by atoms with Crippen molar-refractivity contribution in [3.63, 3.8) is 0 Å². The van der Waals surface area contributed by atoms with Crippen molar-refractivity contribution in [3.05, 3.63) is 17.8 Å². The molecule has 2 heterocycles. The molecule has 1 aliphatic heterocycles. The smallest absolute Gasteiger partial charge is 0.358 e. The van der Waals surface area contributed by atoms with Gasteiger partial charge in [0.25, 0.3) is 0 Å². The molecule has 1 aromatic rings. The Morgan fingerprint density at radius 3 is 2.89 bits per heavy atom. The molecule has 18 heavy (non-hydrogen) atoms. The van der Waals surface area contributed by atoms with Crippen LogP contribution in [-0.2, 0) is 4.74 Å². The maximum atomic E-state index is 13.8. The lowest BCUT2D eigenvalue weighted by Crippen LogP contribution is -2.32. The van der Waals surface area contributed by atoms with E-state index in [1.807, 2.05) is 0 Å². The standard InChI is InChI=1S/C11H14FN3O3/c1-18-10(17)8-2-3-9(14-13-8)15-5-4-11(12,6-15)7-16/h2-3,16H,4-7H2,1H3/t11-/m0/s1. The maximum absolute atomic E-state index is 13.8. The summed E-state index contributed by atoms with van der Waals surface area (Å²) in [5, 5.41) is 16.5. The molecule has 0 radical (unpaired) electrons. The highest BCUT2D eigenvalue weighted by molar-refractivity contribution is 5.86. The molecule has 0 bridgehead atoms. The summed E-state index contributed by atoms with van der Waals surface area (Å²) < 4.78 is 18.3. The van der Waals surface area contributed by atoms with Crippen LogP contribution in [-0.4, -0.2) is 53.7 Å². The number of aromatic nitrogens is 2. The number of carbonyl (C=O) groups is 1. The fourth-order valence-corrected chi connectivity index (χ4v) is 1.87. The lowest BCUT2D eigenvalue weighted by atomic mass is 10.1. The first-order valence-corrected chi connectivity index (χ1v) is 5.55. The molecule has 98 valence electrons. The Kier molecular flexibility index (Phi) is 3.42. The van der Waals surface area contributed by atoms with E-state index in [0.29, 0.717) is 12.4 Å². The van der Waals surface area contributed by atoms with Crippen molar-refractivity contribution >= 4 is 11.8 Å². The number of methoxy groups -OCH3 is 1. The van der Waals surface area contributed by atoms with Crippen LogP contribution in [0.4, 0.5) is 10.2 Å². The molecule has 0 unspecified atom stereocenters. The molecule has 0 aliphatic carbocycles. The highest BCUT2D eigenvalue weighted by Crippen LogP contribution is 2.27. The fourth-order valence-electron chi connectivity index (χ4n) is 1.87. The lowest BCUT2D eigenvalue weighted by molar-refractivity contribution is 0.0592. The van der Waals surface area contributed by atoms with Crippen LogP contribution in [0.25, 0.3) is 0 Å². The first kappa shape index (κ1) is 12.7. The number of aliphatic hydroxyl groups is 1. The van der Waals surface area contributed by atoms with Gasteiger partial charge in [0.05, 0.1) is 20.3 Å². The number of rotatable bonds is 3. The predicted molar refractivity (Wildman–Crippen MR) is 61.1 cm³/mol. The van der Waals surface area contributed by atoms with Crippen molar-refractivity contribution in [3.8, 4) is 0 Å². The summed E-state index contributed by atoms with van der Waals surface area (Å²) in [6.45, 7) is 0.0379. The van der Waals surface area contributed by atoms with E-state index in [-0.39, 0.29) is 18.7 Å². The lowest BCUT2D eigenvalue weighted by Gasteiger charge is -2.19. The molecule has 1 N–H and O–H groups in total. The Bertz CT molecular complexity index is 440. The van der Waals surface area contributed by atoms with Crippen LogP contribution in [0.5, 0.6) is 0 Å².